The molecular formula is C19H10BrClIN5OS. The Hall–Kier alpha value is -1.95. The van der Waals surface area contributed by atoms with Crippen LogP contribution >= 0.6 is 61.7 Å². The average Bonchev–Trinajstić information content (AvgIpc) is 3.26. The minimum absolute atomic E-state index is 0.492. The Kier molecular flexibility index (Phi) is 5.06. The van der Waals surface area contributed by atoms with Gasteiger partial charge in [0.15, 0.2) is 0 Å². The number of nitrogens with zero attached hydrogens (tertiary/aromatic N) is 4. The van der Waals surface area contributed by atoms with Gasteiger partial charge in [-0.25, -0.2) is 15.0 Å². The zero-order chi connectivity index (χ0) is 20.0. The van der Waals surface area contributed by atoms with Gasteiger partial charge in [0.05, 0.1) is 48.1 Å². The van der Waals surface area contributed by atoms with Gasteiger partial charge in [0.25, 0.3) is 0 Å². The predicted molar refractivity (Wildman–Crippen MR) is 129 cm³/mol. The third kappa shape index (κ3) is 3.79. The highest BCUT2D eigenvalue weighted by Gasteiger charge is 2.10. The number of anilines is 2. The monoisotopic (exact) mass is 597 g/mol. The fourth-order valence-corrected chi connectivity index (χ4v) is 5.04. The maximum absolute atomic E-state index is 6.47. The lowest BCUT2D eigenvalue weighted by molar-refractivity contribution is 0.483. The van der Waals surface area contributed by atoms with Gasteiger partial charge in [0.2, 0.25) is 0 Å². The summed E-state index contributed by atoms with van der Waals surface area (Å²) in [7, 11) is 0. The summed E-state index contributed by atoms with van der Waals surface area (Å²) in [4.78, 5) is 13.9. The third-order valence-corrected chi connectivity index (χ3v) is 6.81. The highest BCUT2D eigenvalue weighted by Crippen LogP contribution is 2.36. The van der Waals surface area contributed by atoms with E-state index in [1.165, 1.54) is 0 Å². The molecule has 10 heteroatoms. The van der Waals surface area contributed by atoms with E-state index in [1.807, 2.05) is 45.2 Å². The first kappa shape index (κ1) is 19.0. The number of hydrogen-bond acceptors (Lipinski definition) is 6. The van der Waals surface area contributed by atoms with Crippen molar-refractivity contribution in [3.8, 4) is 11.5 Å². The van der Waals surface area contributed by atoms with Crippen LogP contribution < -0.4 is 10.1 Å². The van der Waals surface area contributed by atoms with E-state index in [4.69, 9.17) is 16.3 Å². The van der Waals surface area contributed by atoms with E-state index in [0.29, 0.717) is 16.5 Å². The van der Waals surface area contributed by atoms with Crippen LogP contribution in [0.2, 0.25) is 5.02 Å². The number of hydrogen-bond donors (Lipinski definition) is 1. The van der Waals surface area contributed by atoms with Gasteiger partial charge in [0.1, 0.15) is 34.8 Å². The number of ether oxygens (including phenoxy) is 1. The van der Waals surface area contributed by atoms with Crippen LogP contribution in [0.15, 0.2) is 58.9 Å². The molecule has 0 aliphatic carbocycles. The van der Waals surface area contributed by atoms with Crippen molar-refractivity contribution < 1.29 is 4.74 Å². The molecule has 0 bridgehead atoms. The number of aromatic nitrogens is 4. The van der Waals surface area contributed by atoms with Crippen LogP contribution in [-0.2, 0) is 0 Å². The number of fused-ring (bicyclic) bond motifs is 2. The largest absolute Gasteiger partial charge is 0.456 e. The molecule has 0 amide bonds. The van der Waals surface area contributed by atoms with Crippen molar-refractivity contribution in [2.75, 3.05) is 5.32 Å². The molecule has 2 aromatic carbocycles. The third-order valence-electron chi connectivity index (χ3n) is 4.20. The van der Waals surface area contributed by atoms with Gasteiger partial charge in [0, 0.05) is 11.8 Å². The standard InChI is InChI=1S/C19H10BrClIN5OS/c20-17-7-12-18(23-8-24-19(12)29-17)26-10-1-4-16(13(21)5-10)28-11-2-3-15-14(6-11)25-9-27(15)22/h1-9H,(H,23,24,26). The van der Waals surface area contributed by atoms with Crippen LogP contribution in [0, 0.1) is 0 Å². The zero-order valence-corrected chi connectivity index (χ0v) is 19.8. The van der Waals surface area contributed by atoms with Crippen molar-refractivity contribution in [1.29, 1.82) is 0 Å². The molecule has 0 unspecified atom stereocenters. The van der Waals surface area contributed by atoms with E-state index < -0.39 is 0 Å². The lowest BCUT2D eigenvalue weighted by Crippen LogP contribution is -1.95. The number of benzene rings is 2. The summed E-state index contributed by atoms with van der Waals surface area (Å²) in [5, 5.41) is 4.74. The zero-order valence-electron chi connectivity index (χ0n) is 14.4. The molecule has 3 aromatic heterocycles. The van der Waals surface area contributed by atoms with Crippen LogP contribution in [0.25, 0.3) is 21.3 Å². The molecule has 0 aliphatic rings. The van der Waals surface area contributed by atoms with Crippen LogP contribution in [0.4, 0.5) is 11.5 Å². The molecule has 0 saturated carbocycles. The Balaban J connectivity index is 1.40. The highest BCUT2D eigenvalue weighted by molar-refractivity contribution is 14.1. The van der Waals surface area contributed by atoms with E-state index in [-0.39, 0.29) is 0 Å². The van der Waals surface area contributed by atoms with E-state index in [9.17, 15) is 0 Å². The molecule has 144 valence electrons. The molecule has 0 aliphatic heterocycles. The van der Waals surface area contributed by atoms with Gasteiger partial charge in [-0.1, -0.05) is 11.6 Å². The quantitative estimate of drug-likeness (QED) is 0.222. The second kappa shape index (κ2) is 7.71. The second-order valence-electron chi connectivity index (χ2n) is 6.07. The summed E-state index contributed by atoms with van der Waals surface area (Å²) < 4.78 is 8.90. The average molecular weight is 599 g/mol. The Morgan fingerprint density at radius 1 is 1.10 bits per heavy atom. The van der Waals surface area contributed by atoms with Gasteiger partial charge >= 0.3 is 0 Å². The van der Waals surface area contributed by atoms with E-state index >= 15 is 0 Å². The smallest absolute Gasteiger partial charge is 0.146 e. The molecule has 29 heavy (non-hydrogen) atoms. The molecule has 0 saturated heterocycles. The van der Waals surface area contributed by atoms with Gasteiger partial charge in [-0.3, -0.25) is 2.78 Å². The topological polar surface area (TPSA) is 64.9 Å². The number of thiophene rings is 1. The van der Waals surface area contributed by atoms with Gasteiger partial charge in [-0.05, 0) is 52.3 Å². The summed E-state index contributed by atoms with van der Waals surface area (Å²) in [5.41, 5.74) is 2.70. The molecular weight excluding hydrogens is 589 g/mol. The van der Waals surface area contributed by atoms with Crippen LogP contribution in [0.3, 0.4) is 0 Å². The van der Waals surface area contributed by atoms with Crippen LogP contribution in [0.5, 0.6) is 11.5 Å². The Labute approximate surface area is 196 Å². The Morgan fingerprint density at radius 3 is 2.86 bits per heavy atom. The minimum atomic E-state index is 0.492. The predicted octanol–water partition coefficient (Wildman–Crippen LogP) is 7.19. The molecule has 3 heterocycles. The van der Waals surface area contributed by atoms with Gasteiger partial charge in [-0.2, -0.15) is 0 Å². The SMILES string of the molecule is Clc1cc(Nc2ncnc3sc(Br)cc23)ccc1Oc1ccc2c(c1)ncn2I. The number of nitrogens with one attached hydrogen (secondary N) is 1. The van der Waals surface area contributed by atoms with E-state index in [2.05, 4.69) is 59.1 Å². The molecule has 0 radical (unpaired) electrons. The first-order valence-electron chi connectivity index (χ1n) is 8.34. The van der Waals surface area contributed by atoms with Crippen molar-refractivity contribution in [1.82, 2.24) is 17.7 Å². The fourth-order valence-electron chi connectivity index (χ4n) is 2.88. The summed E-state index contributed by atoms with van der Waals surface area (Å²) in [5.74, 6) is 1.97. The number of imidazole rings is 1. The van der Waals surface area contributed by atoms with Crippen LogP contribution in [0.1, 0.15) is 0 Å². The molecule has 1 N–H and O–H groups in total. The maximum Gasteiger partial charge on any atom is 0.146 e. The number of halogens is 3. The highest BCUT2D eigenvalue weighted by atomic mass is 127. The Morgan fingerprint density at radius 2 is 2.00 bits per heavy atom. The molecule has 0 fully saturated rings. The Bertz CT molecular complexity index is 1370. The lowest BCUT2D eigenvalue weighted by Gasteiger charge is -2.11. The summed E-state index contributed by atoms with van der Waals surface area (Å²) in [6.07, 6.45) is 3.30. The van der Waals surface area contributed by atoms with Crippen molar-refractivity contribution >= 4 is 94.5 Å². The first-order valence-corrected chi connectivity index (χ1v) is 11.3. The first-order chi connectivity index (χ1) is 14.1. The summed E-state index contributed by atoms with van der Waals surface area (Å²) in [6.45, 7) is 0. The summed E-state index contributed by atoms with van der Waals surface area (Å²) >= 11 is 13.7. The lowest BCUT2D eigenvalue weighted by atomic mass is 10.2. The summed E-state index contributed by atoms with van der Waals surface area (Å²) in [6, 6.07) is 13.3. The fraction of sp³-hybridized carbons (Fsp3) is 0. The maximum atomic E-state index is 6.47. The molecule has 0 atom stereocenters. The second-order valence-corrected chi connectivity index (χ2v) is 9.93. The molecule has 6 nitrogen and oxygen atoms in total. The molecule has 0 spiro atoms. The molecule has 5 aromatic rings. The van der Waals surface area contributed by atoms with Crippen molar-refractivity contribution in [2.24, 2.45) is 0 Å². The van der Waals surface area contributed by atoms with Crippen molar-refractivity contribution in [3.63, 3.8) is 0 Å². The van der Waals surface area contributed by atoms with Crippen molar-refractivity contribution in [3.05, 3.63) is 63.9 Å². The van der Waals surface area contributed by atoms with Gasteiger partial charge < -0.3 is 10.1 Å². The minimum Gasteiger partial charge on any atom is -0.456 e. The number of rotatable bonds is 4. The van der Waals surface area contributed by atoms with Crippen LogP contribution in [-0.4, -0.2) is 17.7 Å². The normalized spacial score (nSPS) is 11.3. The van der Waals surface area contributed by atoms with E-state index in [0.717, 1.165) is 36.5 Å². The van der Waals surface area contributed by atoms with Gasteiger partial charge in [-0.15, -0.1) is 11.3 Å². The van der Waals surface area contributed by atoms with Crippen molar-refractivity contribution in [2.45, 2.75) is 0 Å². The molecule has 5 rings (SSSR count). The van der Waals surface area contributed by atoms with E-state index in [1.54, 1.807) is 24.0 Å².